The lowest BCUT2D eigenvalue weighted by molar-refractivity contribution is -0.385. The van der Waals surface area contributed by atoms with Crippen LogP contribution in [0.25, 0.3) is 0 Å². The van der Waals surface area contributed by atoms with Gasteiger partial charge in [-0.05, 0) is 12.1 Å². The maximum Gasteiger partial charge on any atom is 0.274 e. The molecular formula is C17H15F2N3O4. The van der Waals surface area contributed by atoms with Crippen molar-refractivity contribution in [2.75, 3.05) is 6.54 Å². The summed E-state index contributed by atoms with van der Waals surface area (Å²) < 4.78 is 26.3. The molecular weight excluding hydrogens is 348 g/mol. The number of hydrogen-bond donors (Lipinski definition) is 2. The topological polar surface area (TPSA) is 101 Å². The molecule has 136 valence electrons. The second kappa shape index (κ2) is 8.65. The van der Waals surface area contributed by atoms with E-state index in [0.29, 0.717) is 11.6 Å². The number of carbonyl (C=O) groups excluding carboxylic acids is 2. The van der Waals surface area contributed by atoms with Gasteiger partial charge in [0.15, 0.2) is 0 Å². The molecule has 0 atom stereocenters. The summed E-state index contributed by atoms with van der Waals surface area (Å²) in [5.41, 5.74) is -0.0807. The largest absolute Gasteiger partial charge is 0.352 e. The van der Waals surface area contributed by atoms with E-state index < -0.39 is 28.4 Å². The molecule has 0 aromatic heterocycles. The highest BCUT2D eigenvalue weighted by atomic mass is 19.1. The third kappa shape index (κ3) is 5.07. The molecule has 2 N–H and O–H groups in total. The van der Waals surface area contributed by atoms with E-state index >= 15 is 0 Å². The van der Waals surface area contributed by atoms with Gasteiger partial charge in [-0.2, -0.15) is 0 Å². The number of amides is 2. The Kier molecular flexibility index (Phi) is 6.31. The van der Waals surface area contributed by atoms with E-state index in [1.807, 2.05) is 0 Å². The van der Waals surface area contributed by atoms with Gasteiger partial charge in [0.05, 0.1) is 10.5 Å². The zero-order valence-electron chi connectivity index (χ0n) is 13.5. The van der Waals surface area contributed by atoms with Crippen LogP contribution in [0.3, 0.4) is 0 Å². The zero-order chi connectivity index (χ0) is 19.1. The van der Waals surface area contributed by atoms with E-state index in [4.69, 9.17) is 0 Å². The minimum atomic E-state index is -0.997. The molecule has 2 aromatic carbocycles. The highest BCUT2D eigenvalue weighted by Gasteiger charge is 2.14. The van der Waals surface area contributed by atoms with Gasteiger partial charge < -0.3 is 10.6 Å². The predicted octanol–water partition coefficient (Wildman–Crippen LogP) is 2.31. The van der Waals surface area contributed by atoms with Crippen molar-refractivity contribution in [2.24, 2.45) is 0 Å². The van der Waals surface area contributed by atoms with Gasteiger partial charge in [0.2, 0.25) is 5.91 Å². The molecule has 0 saturated carbocycles. The summed E-state index contributed by atoms with van der Waals surface area (Å²) in [6.07, 6.45) is -0.102. The third-order valence-corrected chi connectivity index (χ3v) is 3.48. The van der Waals surface area contributed by atoms with E-state index in [-0.39, 0.29) is 30.8 Å². The second-order valence-corrected chi connectivity index (χ2v) is 5.29. The summed E-state index contributed by atoms with van der Waals surface area (Å²) in [4.78, 5) is 33.9. The van der Waals surface area contributed by atoms with Crippen molar-refractivity contribution in [3.8, 4) is 0 Å². The van der Waals surface area contributed by atoms with Crippen LogP contribution in [0.2, 0.25) is 0 Å². The Bertz CT molecular complexity index is 843. The lowest BCUT2D eigenvalue weighted by Gasteiger charge is -2.08. The average Bonchev–Trinajstić information content (AvgIpc) is 2.60. The molecule has 0 aliphatic carbocycles. The first-order valence-electron chi connectivity index (χ1n) is 7.60. The third-order valence-electron chi connectivity index (χ3n) is 3.48. The number of hydrogen-bond acceptors (Lipinski definition) is 4. The molecule has 0 fully saturated rings. The minimum Gasteiger partial charge on any atom is -0.352 e. The fourth-order valence-electron chi connectivity index (χ4n) is 2.18. The molecule has 0 aliphatic heterocycles. The summed E-state index contributed by atoms with van der Waals surface area (Å²) in [5, 5.41) is 15.7. The van der Waals surface area contributed by atoms with Crippen molar-refractivity contribution in [3.63, 3.8) is 0 Å². The molecule has 9 heteroatoms. The van der Waals surface area contributed by atoms with Crippen molar-refractivity contribution in [1.29, 1.82) is 0 Å². The number of halogens is 2. The predicted molar refractivity (Wildman–Crippen MR) is 88.3 cm³/mol. The quantitative estimate of drug-likeness (QED) is 0.582. The van der Waals surface area contributed by atoms with Gasteiger partial charge in [-0.25, -0.2) is 8.78 Å². The summed E-state index contributed by atoms with van der Waals surface area (Å²) in [6, 6.07) is 8.55. The fraction of sp³-hybridized carbons (Fsp3) is 0.176. The smallest absolute Gasteiger partial charge is 0.274 e. The molecule has 2 aromatic rings. The summed E-state index contributed by atoms with van der Waals surface area (Å²) >= 11 is 0. The van der Waals surface area contributed by atoms with Crippen LogP contribution in [0.5, 0.6) is 0 Å². The number of nitrogens with zero attached hydrogens (tertiary/aromatic N) is 1. The molecule has 0 spiro atoms. The van der Waals surface area contributed by atoms with Crippen molar-refractivity contribution in [1.82, 2.24) is 10.6 Å². The second-order valence-electron chi connectivity index (χ2n) is 5.29. The molecule has 2 amide bonds. The van der Waals surface area contributed by atoms with Gasteiger partial charge in [-0.3, -0.25) is 19.7 Å². The fourth-order valence-corrected chi connectivity index (χ4v) is 2.18. The Hall–Kier alpha value is -3.36. The Morgan fingerprint density at radius 1 is 1.08 bits per heavy atom. The molecule has 0 radical (unpaired) electrons. The highest BCUT2D eigenvalue weighted by Crippen LogP contribution is 2.17. The monoisotopic (exact) mass is 363 g/mol. The Balaban J connectivity index is 1.81. The highest BCUT2D eigenvalue weighted by molar-refractivity contribution is 5.94. The van der Waals surface area contributed by atoms with Crippen molar-refractivity contribution in [2.45, 2.75) is 13.0 Å². The first kappa shape index (κ1) is 19.0. The van der Waals surface area contributed by atoms with Crippen LogP contribution >= 0.6 is 0 Å². The van der Waals surface area contributed by atoms with Gasteiger partial charge in [0.1, 0.15) is 11.6 Å². The van der Waals surface area contributed by atoms with Gasteiger partial charge in [-0.15, -0.1) is 0 Å². The van der Waals surface area contributed by atoms with Crippen LogP contribution in [0.1, 0.15) is 22.3 Å². The van der Waals surface area contributed by atoms with Crippen LogP contribution in [0, 0.1) is 21.7 Å². The molecule has 2 rings (SSSR count). The van der Waals surface area contributed by atoms with E-state index in [9.17, 15) is 28.5 Å². The number of nitro groups is 1. The molecule has 0 bridgehead atoms. The number of nitro benzene ring substituents is 1. The number of carbonyl (C=O) groups is 2. The lowest BCUT2D eigenvalue weighted by atomic mass is 10.2. The number of nitrogens with one attached hydrogen (secondary N) is 2. The Morgan fingerprint density at radius 2 is 1.81 bits per heavy atom. The van der Waals surface area contributed by atoms with Gasteiger partial charge in [0, 0.05) is 37.2 Å². The summed E-state index contributed by atoms with van der Waals surface area (Å²) in [6.45, 7) is -0.102. The molecule has 0 aliphatic rings. The van der Waals surface area contributed by atoms with Crippen LogP contribution in [0.4, 0.5) is 14.5 Å². The molecule has 0 unspecified atom stereocenters. The SMILES string of the molecule is O=C(CCNC(=O)c1ccc(F)cc1F)NCc1ccccc1[N+](=O)[O-]. The molecule has 0 saturated heterocycles. The van der Waals surface area contributed by atoms with Gasteiger partial charge in [0.25, 0.3) is 11.6 Å². The van der Waals surface area contributed by atoms with E-state index in [0.717, 1.165) is 12.1 Å². The van der Waals surface area contributed by atoms with Crippen LogP contribution in [0.15, 0.2) is 42.5 Å². The average molecular weight is 363 g/mol. The van der Waals surface area contributed by atoms with Crippen molar-refractivity contribution in [3.05, 3.63) is 75.3 Å². The van der Waals surface area contributed by atoms with E-state index in [1.165, 1.54) is 18.2 Å². The number of para-hydroxylation sites is 1. The maximum atomic E-state index is 13.5. The van der Waals surface area contributed by atoms with E-state index in [1.54, 1.807) is 6.07 Å². The summed E-state index contributed by atoms with van der Waals surface area (Å²) in [7, 11) is 0. The Labute approximate surface area is 147 Å². The molecule has 0 heterocycles. The Morgan fingerprint density at radius 3 is 2.50 bits per heavy atom. The van der Waals surface area contributed by atoms with Crippen molar-refractivity contribution >= 4 is 17.5 Å². The van der Waals surface area contributed by atoms with Crippen LogP contribution < -0.4 is 10.6 Å². The summed E-state index contributed by atoms with van der Waals surface area (Å²) in [5.74, 6) is -3.01. The van der Waals surface area contributed by atoms with Crippen molar-refractivity contribution < 1.29 is 23.3 Å². The normalized spacial score (nSPS) is 10.2. The number of rotatable bonds is 7. The van der Waals surface area contributed by atoms with Crippen LogP contribution in [-0.4, -0.2) is 23.3 Å². The molecule has 7 nitrogen and oxygen atoms in total. The first-order valence-corrected chi connectivity index (χ1v) is 7.60. The first-order chi connectivity index (χ1) is 12.4. The lowest BCUT2D eigenvalue weighted by Crippen LogP contribution is -2.31. The van der Waals surface area contributed by atoms with Gasteiger partial charge in [-0.1, -0.05) is 18.2 Å². The standard InChI is InChI=1S/C17H15F2N3O4/c18-12-5-6-13(14(19)9-12)17(24)20-8-7-16(23)21-10-11-3-1-2-4-15(11)22(25)26/h1-6,9H,7-8,10H2,(H,20,24)(H,21,23). The maximum absolute atomic E-state index is 13.5. The van der Waals surface area contributed by atoms with Crippen LogP contribution in [-0.2, 0) is 11.3 Å². The number of benzene rings is 2. The minimum absolute atomic E-state index is 0.0312. The van der Waals surface area contributed by atoms with Gasteiger partial charge >= 0.3 is 0 Å². The zero-order valence-corrected chi connectivity index (χ0v) is 13.5. The van der Waals surface area contributed by atoms with E-state index in [2.05, 4.69) is 10.6 Å². The molecule has 26 heavy (non-hydrogen) atoms.